The normalized spacial score (nSPS) is 39.1. The molecule has 4 aliphatic rings. The minimum atomic E-state index is -0.733. The topological polar surface area (TPSA) is 98.3 Å². The fourth-order valence-corrected chi connectivity index (χ4v) is 5.86. The van der Waals surface area contributed by atoms with Gasteiger partial charge in [0.1, 0.15) is 12.4 Å². The van der Waals surface area contributed by atoms with Crippen LogP contribution in [0.2, 0.25) is 0 Å². The number of carboxylic acids is 1. The average molecular weight is 305 g/mol. The van der Waals surface area contributed by atoms with Gasteiger partial charge in [-0.2, -0.15) is 5.10 Å². The van der Waals surface area contributed by atoms with E-state index >= 15 is 0 Å². The standard InChI is InChI=1S/C15H19N3O4/c19-13(20)6-14-2-10-1-11(3-14)5-15(4-10,9-14)17-8-12(7-16-17)18(21)22/h7-8,10-11H,1-6,9H2,(H,19,20)/t10-,11-,14?,15?/m0/s1. The molecule has 1 aromatic rings. The zero-order valence-electron chi connectivity index (χ0n) is 12.3. The SMILES string of the molecule is O=C(O)CC12C[C@@H]3C[C@@H](C1)CC(n1cc([N+](=O)[O-])cn1)(C3)C2. The van der Waals surface area contributed by atoms with Crippen molar-refractivity contribution in [3.8, 4) is 0 Å². The Labute approximate surface area is 127 Å². The van der Waals surface area contributed by atoms with Crippen molar-refractivity contribution in [3.05, 3.63) is 22.5 Å². The molecule has 5 rings (SSSR count). The van der Waals surface area contributed by atoms with Crippen molar-refractivity contribution in [2.45, 2.75) is 50.5 Å². The molecule has 1 N–H and O–H groups in total. The number of hydrogen-bond acceptors (Lipinski definition) is 4. The largest absolute Gasteiger partial charge is 0.481 e. The minimum absolute atomic E-state index is 0.0167. The molecule has 0 aromatic carbocycles. The van der Waals surface area contributed by atoms with Crippen molar-refractivity contribution >= 4 is 11.7 Å². The van der Waals surface area contributed by atoms with Crippen LogP contribution in [0.15, 0.2) is 12.4 Å². The number of aliphatic carboxylic acids is 1. The van der Waals surface area contributed by atoms with Gasteiger partial charge in [-0.1, -0.05) is 0 Å². The van der Waals surface area contributed by atoms with Crippen LogP contribution in [-0.4, -0.2) is 25.8 Å². The molecular weight excluding hydrogens is 286 g/mol. The summed E-state index contributed by atoms with van der Waals surface area (Å²) in [6.07, 6.45) is 8.94. The summed E-state index contributed by atoms with van der Waals surface area (Å²) >= 11 is 0. The smallest absolute Gasteiger partial charge is 0.307 e. The zero-order chi connectivity index (χ0) is 15.5. The van der Waals surface area contributed by atoms with Gasteiger partial charge in [0, 0.05) is 0 Å². The van der Waals surface area contributed by atoms with Crippen LogP contribution in [0, 0.1) is 27.4 Å². The summed E-state index contributed by atoms with van der Waals surface area (Å²) in [5, 5.41) is 24.5. The molecule has 118 valence electrons. The molecule has 7 heteroatoms. The van der Waals surface area contributed by atoms with Gasteiger partial charge in [-0.05, 0) is 55.8 Å². The Balaban J connectivity index is 1.71. The second-order valence-electron chi connectivity index (χ2n) is 7.66. The molecule has 0 radical (unpaired) electrons. The number of nitrogens with zero attached hydrogens (tertiary/aromatic N) is 3. The van der Waals surface area contributed by atoms with Gasteiger partial charge in [0.15, 0.2) is 0 Å². The number of aromatic nitrogens is 2. The Morgan fingerprint density at radius 3 is 2.64 bits per heavy atom. The summed E-state index contributed by atoms with van der Waals surface area (Å²) in [5.74, 6) is 0.330. The number of carboxylic acid groups (broad SMARTS) is 1. The van der Waals surface area contributed by atoms with Gasteiger partial charge in [0.2, 0.25) is 0 Å². The van der Waals surface area contributed by atoms with Crippen molar-refractivity contribution in [1.82, 2.24) is 9.78 Å². The molecule has 0 saturated heterocycles. The fraction of sp³-hybridized carbons (Fsp3) is 0.733. The van der Waals surface area contributed by atoms with E-state index in [1.54, 1.807) is 4.68 Å². The van der Waals surface area contributed by atoms with Crippen LogP contribution in [0.1, 0.15) is 44.9 Å². The molecule has 0 unspecified atom stereocenters. The third-order valence-corrected chi connectivity index (χ3v) is 5.94. The summed E-state index contributed by atoms with van der Waals surface area (Å²) in [4.78, 5) is 21.8. The molecule has 1 heterocycles. The van der Waals surface area contributed by atoms with E-state index in [-0.39, 0.29) is 23.1 Å². The maximum absolute atomic E-state index is 11.3. The molecular formula is C15H19N3O4. The fourth-order valence-electron chi connectivity index (χ4n) is 5.86. The highest BCUT2D eigenvalue weighted by molar-refractivity contribution is 5.67. The quantitative estimate of drug-likeness (QED) is 0.681. The first-order valence-corrected chi connectivity index (χ1v) is 7.81. The van der Waals surface area contributed by atoms with E-state index in [1.165, 1.54) is 18.8 Å². The maximum atomic E-state index is 11.3. The van der Waals surface area contributed by atoms with Gasteiger partial charge in [-0.25, -0.2) is 0 Å². The zero-order valence-corrected chi connectivity index (χ0v) is 12.3. The summed E-state index contributed by atoms with van der Waals surface area (Å²) in [5.41, 5.74) is -0.340. The molecule has 0 amide bonds. The van der Waals surface area contributed by atoms with E-state index in [0.29, 0.717) is 11.8 Å². The van der Waals surface area contributed by atoms with Crippen LogP contribution in [0.4, 0.5) is 5.69 Å². The van der Waals surface area contributed by atoms with Gasteiger partial charge in [-0.15, -0.1) is 0 Å². The van der Waals surface area contributed by atoms with Gasteiger partial charge < -0.3 is 5.11 Å². The van der Waals surface area contributed by atoms with Crippen molar-refractivity contribution in [3.63, 3.8) is 0 Å². The molecule has 4 aliphatic carbocycles. The molecule has 22 heavy (non-hydrogen) atoms. The van der Waals surface area contributed by atoms with E-state index in [1.807, 2.05) is 0 Å². The molecule has 4 bridgehead atoms. The molecule has 0 aliphatic heterocycles. The lowest BCUT2D eigenvalue weighted by molar-refractivity contribution is -0.385. The van der Waals surface area contributed by atoms with E-state index < -0.39 is 10.9 Å². The highest BCUT2D eigenvalue weighted by atomic mass is 16.6. The Morgan fingerprint density at radius 1 is 1.41 bits per heavy atom. The number of nitro groups is 1. The van der Waals surface area contributed by atoms with Crippen LogP contribution in [0.25, 0.3) is 0 Å². The highest BCUT2D eigenvalue weighted by Gasteiger charge is 2.59. The second-order valence-corrected chi connectivity index (χ2v) is 7.66. The summed E-state index contributed by atoms with van der Waals surface area (Å²) in [7, 11) is 0. The van der Waals surface area contributed by atoms with Gasteiger partial charge in [-0.3, -0.25) is 19.6 Å². The third-order valence-electron chi connectivity index (χ3n) is 5.94. The second kappa shape index (κ2) is 4.30. The van der Waals surface area contributed by atoms with E-state index in [0.717, 1.165) is 32.1 Å². The molecule has 4 saturated carbocycles. The van der Waals surface area contributed by atoms with Crippen LogP contribution >= 0.6 is 0 Å². The molecule has 7 nitrogen and oxygen atoms in total. The van der Waals surface area contributed by atoms with Crippen LogP contribution in [-0.2, 0) is 10.3 Å². The third kappa shape index (κ3) is 1.94. The first kappa shape index (κ1) is 13.7. The number of carbonyl (C=O) groups is 1. The first-order chi connectivity index (χ1) is 10.4. The number of hydrogen-bond donors (Lipinski definition) is 1. The van der Waals surface area contributed by atoms with Crippen LogP contribution in [0.3, 0.4) is 0 Å². The summed E-state index contributed by atoms with van der Waals surface area (Å²) < 4.78 is 1.78. The average Bonchev–Trinajstić information content (AvgIpc) is 2.85. The van der Waals surface area contributed by atoms with Gasteiger partial charge in [0.25, 0.3) is 0 Å². The van der Waals surface area contributed by atoms with Crippen LogP contribution < -0.4 is 0 Å². The van der Waals surface area contributed by atoms with Crippen molar-refractivity contribution in [2.75, 3.05) is 0 Å². The van der Waals surface area contributed by atoms with Crippen molar-refractivity contribution < 1.29 is 14.8 Å². The van der Waals surface area contributed by atoms with E-state index in [9.17, 15) is 20.0 Å². The maximum Gasteiger partial charge on any atom is 0.307 e. The predicted octanol–water partition coefficient (Wildman–Crippen LogP) is 2.56. The van der Waals surface area contributed by atoms with Gasteiger partial charge in [0.05, 0.1) is 16.9 Å². The van der Waals surface area contributed by atoms with Crippen molar-refractivity contribution in [2.24, 2.45) is 17.3 Å². The molecule has 0 spiro atoms. The lowest BCUT2D eigenvalue weighted by atomic mass is 9.46. The van der Waals surface area contributed by atoms with Gasteiger partial charge >= 0.3 is 11.7 Å². The summed E-state index contributed by atoms with van der Waals surface area (Å²) in [6, 6.07) is 0. The molecule has 2 atom stereocenters. The Morgan fingerprint density at radius 2 is 2.09 bits per heavy atom. The molecule has 4 fully saturated rings. The highest BCUT2D eigenvalue weighted by Crippen LogP contribution is 2.65. The number of rotatable bonds is 4. The van der Waals surface area contributed by atoms with E-state index in [2.05, 4.69) is 5.10 Å². The summed E-state index contributed by atoms with van der Waals surface area (Å²) in [6.45, 7) is 0. The predicted molar refractivity (Wildman–Crippen MR) is 76.2 cm³/mol. The molecule has 1 aromatic heterocycles. The lowest BCUT2D eigenvalue weighted by Crippen LogP contribution is -2.57. The minimum Gasteiger partial charge on any atom is -0.481 e. The van der Waals surface area contributed by atoms with E-state index in [4.69, 9.17) is 0 Å². The Bertz CT molecular complexity index is 639. The van der Waals surface area contributed by atoms with Crippen LogP contribution in [0.5, 0.6) is 0 Å². The Hall–Kier alpha value is -1.92. The Kier molecular flexibility index (Phi) is 2.68. The van der Waals surface area contributed by atoms with Crippen molar-refractivity contribution in [1.29, 1.82) is 0 Å². The monoisotopic (exact) mass is 305 g/mol. The first-order valence-electron chi connectivity index (χ1n) is 7.81. The lowest BCUT2D eigenvalue weighted by Gasteiger charge is -2.61.